The summed E-state index contributed by atoms with van der Waals surface area (Å²) in [6.07, 6.45) is 1.65. The normalized spacial score (nSPS) is 14.9. The summed E-state index contributed by atoms with van der Waals surface area (Å²) < 4.78 is 1.85. The van der Waals surface area contributed by atoms with Crippen LogP contribution in [0.4, 0.5) is 0 Å². The molecule has 1 unspecified atom stereocenters. The Kier molecular flexibility index (Phi) is 4.23. The molecule has 0 aliphatic heterocycles. The van der Waals surface area contributed by atoms with Crippen molar-refractivity contribution < 1.29 is 5.11 Å². The summed E-state index contributed by atoms with van der Waals surface area (Å²) in [4.78, 5) is 0. The van der Waals surface area contributed by atoms with Gasteiger partial charge in [0, 0.05) is 36.3 Å². The Labute approximate surface area is 110 Å². The summed E-state index contributed by atoms with van der Waals surface area (Å²) in [7, 11) is 1.94. The van der Waals surface area contributed by atoms with Gasteiger partial charge in [-0.1, -0.05) is 20.8 Å². The molecule has 0 spiro atoms. The fourth-order valence-corrected chi connectivity index (χ4v) is 1.77. The molecule has 0 saturated heterocycles. The van der Waals surface area contributed by atoms with E-state index in [0.29, 0.717) is 0 Å². The predicted octanol–water partition coefficient (Wildman–Crippen LogP) is 1.97. The molecular weight excluding hydrogens is 226 g/mol. The molecule has 0 fully saturated rings. The zero-order valence-corrected chi connectivity index (χ0v) is 12.7. The Balaban J connectivity index is 2.86. The van der Waals surface area contributed by atoms with E-state index in [1.807, 2.05) is 31.8 Å². The van der Waals surface area contributed by atoms with Gasteiger partial charge in [0.05, 0.1) is 11.8 Å². The minimum absolute atomic E-state index is 0.0350. The van der Waals surface area contributed by atoms with Gasteiger partial charge in [-0.2, -0.15) is 5.10 Å². The van der Waals surface area contributed by atoms with Gasteiger partial charge in [-0.05, 0) is 20.8 Å². The van der Waals surface area contributed by atoms with Crippen LogP contribution in [0.5, 0.6) is 0 Å². The number of aryl methyl sites for hydroxylation is 1. The fourth-order valence-electron chi connectivity index (χ4n) is 1.77. The van der Waals surface area contributed by atoms with Crippen LogP contribution < -0.4 is 5.32 Å². The number of aromatic nitrogens is 2. The third kappa shape index (κ3) is 3.56. The van der Waals surface area contributed by atoms with Crippen LogP contribution in [-0.4, -0.2) is 26.5 Å². The van der Waals surface area contributed by atoms with Crippen LogP contribution in [0.15, 0.2) is 6.20 Å². The van der Waals surface area contributed by atoms with Gasteiger partial charge >= 0.3 is 0 Å². The highest BCUT2D eigenvalue weighted by Crippen LogP contribution is 2.24. The summed E-state index contributed by atoms with van der Waals surface area (Å²) in [5.74, 6) is 0. The first-order valence-electron chi connectivity index (χ1n) is 6.50. The quantitative estimate of drug-likeness (QED) is 0.862. The number of nitrogens with one attached hydrogen (secondary N) is 1. The summed E-state index contributed by atoms with van der Waals surface area (Å²) in [5, 5.41) is 17.6. The van der Waals surface area contributed by atoms with E-state index in [0.717, 1.165) is 12.2 Å². The summed E-state index contributed by atoms with van der Waals surface area (Å²) >= 11 is 0. The van der Waals surface area contributed by atoms with E-state index in [1.54, 1.807) is 6.92 Å². The van der Waals surface area contributed by atoms with Crippen LogP contribution in [0.3, 0.4) is 0 Å². The number of aliphatic hydroxyl groups is 1. The molecular formula is C14H27N3O. The molecule has 1 atom stereocenters. The summed E-state index contributed by atoms with van der Waals surface area (Å²) in [5.41, 5.74) is 2.04. The lowest BCUT2D eigenvalue weighted by Crippen LogP contribution is -2.47. The molecule has 0 radical (unpaired) electrons. The van der Waals surface area contributed by atoms with Crippen molar-refractivity contribution in [2.75, 3.05) is 0 Å². The van der Waals surface area contributed by atoms with E-state index < -0.39 is 6.10 Å². The molecule has 1 aromatic heterocycles. The van der Waals surface area contributed by atoms with Gasteiger partial charge in [0.25, 0.3) is 0 Å². The molecule has 0 aliphatic rings. The third-order valence-electron chi connectivity index (χ3n) is 3.39. The van der Waals surface area contributed by atoms with E-state index >= 15 is 0 Å². The smallest absolute Gasteiger partial charge is 0.0722 e. The highest BCUT2D eigenvalue weighted by Gasteiger charge is 2.26. The van der Waals surface area contributed by atoms with Crippen molar-refractivity contribution in [2.45, 2.75) is 65.1 Å². The molecule has 18 heavy (non-hydrogen) atoms. The van der Waals surface area contributed by atoms with E-state index in [2.05, 4.69) is 31.2 Å². The van der Waals surface area contributed by atoms with E-state index in [1.165, 1.54) is 5.56 Å². The van der Waals surface area contributed by atoms with Gasteiger partial charge in [0.1, 0.15) is 0 Å². The first-order valence-corrected chi connectivity index (χ1v) is 6.50. The lowest BCUT2D eigenvalue weighted by atomic mass is 9.89. The standard InChI is InChI=1S/C14H27N3O/c1-10(18)14(5,6)15-8-11-9-17(7)16-12(11)13(2,3)4/h9-10,15,18H,8H2,1-7H3. The van der Waals surface area contributed by atoms with Crippen molar-refractivity contribution in [1.29, 1.82) is 0 Å². The largest absolute Gasteiger partial charge is 0.392 e. The number of hydrogen-bond donors (Lipinski definition) is 2. The van der Waals surface area contributed by atoms with E-state index in [-0.39, 0.29) is 11.0 Å². The lowest BCUT2D eigenvalue weighted by molar-refractivity contribution is 0.0955. The van der Waals surface area contributed by atoms with Crippen molar-refractivity contribution in [2.24, 2.45) is 7.05 Å². The van der Waals surface area contributed by atoms with Gasteiger partial charge in [-0.15, -0.1) is 0 Å². The molecule has 0 aliphatic carbocycles. The van der Waals surface area contributed by atoms with Crippen molar-refractivity contribution >= 4 is 0 Å². The lowest BCUT2D eigenvalue weighted by Gasteiger charge is -2.30. The molecule has 4 nitrogen and oxygen atoms in total. The monoisotopic (exact) mass is 253 g/mol. The second-order valence-electron chi connectivity index (χ2n) is 6.68. The highest BCUT2D eigenvalue weighted by atomic mass is 16.3. The molecule has 0 saturated carbocycles. The van der Waals surface area contributed by atoms with Gasteiger partial charge in [0.15, 0.2) is 0 Å². The van der Waals surface area contributed by atoms with Crippen LogP contribution in [0.25, 0.3) is 0 Å². The summed E-state index contributed by atoms with van der Waals surface area (Å²) in [6, 6.07) is 0. The first kappa shape index (κ1) is 15.2. The molecule has 1 rings (SSSR count). The Hall–Kier alpha value is -0.870. The predicted molar refractivity (Wildman–Crippen MR) is 74.5 cm³/mol. The van der Waals surface area contributed by atoms with Crippen LogP contribution in [0.1, 0.15) is 52.8 Å². The van der Waals surface area contributed by atoms with Gasteiger partial charge in [-0.3, -0.25) is 4.68 Å². The van der Waals surface area contributed by atoms with Gasteiger partial charge < -0.3 is 10.4 Å². The maximum atomic E-state index is 9.71. The summed E-state index contributed by atoms with van der Waals surface area (Å²) in [6.45, 7) is 13.0. The first-order chi connectivity index (χ1) is 8.04. The van der Waals surface area contributed by atoms with Crippen LogP contribution in [0.2, 0.25) is 0 Å². The molecule has 1 aromatic rings. The number of aliphatic hydroxyl groups excluding tert-OH is 1. The van der Waals surface area contributed by atoms with E-state index in [9.17, 15) is 5.11 Å². The highest BCUT2D eigenvalue weighted by molar-refractivity contribution is 5.24. The molecule has 4 heteroatoms. The Bertz CT molecular complexity index is 400. The minimum atomic E-state index is -0.396. The maximum Gasteiger partial charge on any atom is 0.0722 e. The van der Waals surface area contributed by atoms with Gasteiger partial charge in [-0.25, -0.2) is 0 Å². The molecule has 104 valence electrons. The van der Waals surface area contributed by atoms with Crippen molar-refractivity contribution in [3.05, 3.63) is 17.5 Å². The number of hydrogen-bond acceptors (Lipinski definition) is 3. The molecule has 1 heterocycles. The van der Waals surface area contributed by atoms with Crippen molar-refractivity contribution in [1.82, 2.24) is 15.1 Å². The zero-order valence-electron chi connectivity index (χ0n) is 12.7. The van der Waals surface area contributed by atoms with Crippen LogP contribution >= 0.6 is 0 Å². The second-order valence-corrected chi connectivity index (χ2v) is 6.68. The van der Waals surface area contributed by atoms with Gasteiger partial charge in [0.2, 0.25) is 0 Å². The third-order valence-corrected chi connectivity index (χ3v) is 3.39. The zero-order chi connectivity index (χ0) is 14.1. The average molecular weight is 253 g/mol. The van der Waals surface area contributed by atoms with Crippen LogP contribution in [-0.2, 0) is 19.0 Å². The fraction of sp³-hybridized carbons (Fsp3) is 0.786. The SMILES string of the molecule is CC(O)C(C)(C)NCc1cn(C)nc1C(C)(C)C. The topological polar surface area (TPSA) is 50.1 Å². The second kappa shape index (κ2) is 5.02. The minimum Gasteiger partial charge on any atom is -0.392 e. The van der Waals surface area contributed by atoms with Crippen molar-refractivity contribution in [3.63, 3.8) is 0 Å². The average Bonchev–Trinajstić information content (AvgIpc) is 2.56. The maximum absolute atomic E-state index is 9.71. The molecule has 0 aromatic carbocycles. The van der Waals surface area contributed by atoms with E-state index in [4.69, 9.17) is 0 Å². The Morgan fingerprint density at radius 1 is 1.33 bits per heavy atom. The Morgan fingerprint density at radius 3 is 2.33 bits per heavy atom. The van der Waals surface area contributed by atoms with Crippen LogP contribution in [0, 0.1) is 0 Å². The van der Waals surface area contributed by atoms with Crippen molar-refractivity contribution in [3.8, 4) is 0 Å². The molecule has 0 amide bonds. The number of nitrogens with zero attached hydrogens (tertiary/aromatic N) is 2. The molecule has 2 N–H and O–H groups in total. The number of rotatable bonds is 4. The molecule has 0 bridgehead atoms. The Morgan fingerprint density at radius 2 is 1.89 bits per heavy atom.